The number of ether oxygens (including phenoxy) is 1. The molecule has 0 bridgehead atoms. The molecule has 2 rings (SSSR count). The van der Waals surface area contributed by atoms with Gasteiger partial charge in [0.05, 0.1) is 17.8 Å². The standard InChI is InChI=1S/C14H14ClNO3S/c1-8-9(5-13(20-8)14(17)18)7-16-12-6-10(19-2)3-4-11(12)15/h3-6,16H,7H2,1-2H3,(H,17,18). The molecule has 20 heavy (non-hydrogen) atoms. The number of rotatable bonds is 5. The Kier molecular flexibility index (Phi) is 4.52. The molecule has 2 N–H and O–H groups in total. The molecule has 2 aromatic rings. The van der Waals surface area contributed by atoms with Crippen molar-refractivity contribution in [1.29, 1.82) is 0 Å². The summed E-state index contributed by atoms with van der Waals surface area (Å²) in [5, 5.41) is 12.8. The first kappa shape index (κ1) is 14.7. The molecule has 0 spiro atoms. The summed E-state index contributed by atoms with van der Waals surface area (Å²) in [7, 11) is 1.59. The van der Waals surface area contributed by atoms with E-state index in [1.54, 1.807) is 25.3 Å². The monoisotopic (exact) mass is 311 g/mol. The summed E-state index contributed by atoms with van der Waals surface area (Å²) in [4.78, 5) is 12.3. The van der Waals surface area contributed by atoms with Crippen LogP contribution in [0.2, 0.25) is 5.02 Å². The van der Waals surface area contributed by atoms with Gasteiger partial charge in [0.15, 0.2) is 0 Å². The van der Waals surface area contributed by atoms with E-state index in [0.29, 0.717) is 22.2 Å². The van der Waals surface area contributed by atoms with Gasteiger partial charge in [-0.25, -0.2) is 4.79 Å². The summed E-state index contributed by atoms with van der Waals surface area (Å²) in [5.41, 5.74) is 1.71. The minimum Gasteiger partial charge on any atom is -0.497 e. The SMILES string of the molecule is COc1ccc(Cl)c(NCc2cc(C(=O)O)sc2C)c1. The van der Waals surface area contributed by atoms with Crippen molar-refractivity contribution in [2.45, 2.75) is 13.5 Å². The fourth-order valence-corrected chi connectivity index (χ4v) is 2.82. The van der Waals surface area contributed by atoms with Crippen molar-refractivity contribution in [2.75, 3.05) is 12.4 Å². The zero-order valence-corrected chi connectivity index (χ0v) is 12.6. The third-order valence-electron chi connectivity index (χ3n) is 2.87. The van der Waals surface area contributed by atoms with Crippen molar-refractivity contribution in [3.63, 3.8) is 0 Å². The number of methoxy groups -OCH3 is 1. The number of thiophene rings is 1. The van der Waals surface area contributed by atoms with Gasteiger partial charge in [0.25, 0.3) is 0 Å². The molecule has 1 aromatic carbocycles. The van der Waals surface area contributed by atoms with Crippen LogP contribution < -0.4 is 10.1 Å². The second kappa shape index (κ2) is 6.15. The molecule has 0 aliphatic rings. The summed E-state index contributed by atoms with van der Waals surface area (Å²) >= 11 is 7.38. The lowest BCUT2D eigenvalue weighted by Gasteiger charge is -2.10. The number of hydrogen-bond donors (Lipinski definition) is 2. The predicted molar refractivity (Wildman–Crippen MR) is 81.3 cm³/mol. The van der Waals surface area contributed by atoms with Gasteiger partial charge in [0, 0.05) is 17.5 Å². The molecule has 0 radical (unpaired) electrons. The third-order valence-corrected chi connectivity index (χ3v) is 4.28. The highest BCUT2D eigenvalue weighted by atomic mass is 35.5. The zero-order chi connectivity index (χ0) is 14.7. The Balaban J connectivity index is 2.14. The number of nitrogens with one attached hydrogen (secondary N) is 1. The van der Waals surface area contributed by atoms with Crippen molar-refractivity contribution >= 4 is 34.6 Å². The van der Waals surface area contributed by atoms with Crippen LogP contribution in [0.5, 0.6) is 5.75 Å². The number of benzene rings is 1. The van der Waals surface area contributed by atoms with Gasteiger partial charge in [-0.3, -0.25) is 0 Å². The lowest BCUT2D eigenvalue weighted by atomic mass is 10.2. The quantitative estimate of drug-likeness (QED) is 0.875. The maximum absolute atomic E-state index is 10.9. The number of hydrogen-bond acceptors (Lipinski definition) is 4. The molecule has 6 heteroatoms. The van der Waals surface area contributed by atoms with Crippen LogP contribution in [0.25, 0.3) is 0 Å². The minimum atomic E-state index is -0.899. The molecule has 1 aromatic heterocycles. The van der Waals surface area contributed by atoms with E-state index in [0.717, 1.165) is 16.1 Å². The molecule has 0 aliphatic carbocycles. The predicted octanol–water partition coefficient (Wildman–Crippen LogP) is 4.03. The molecule has 0 saturated carbocycles. The number of aromatic carboxylic acids is 1. The average Bonchev–Trinajstić information content (AvgIpc) is 2.79. The molecular weight excluding hydrogens is 298 g/mol. The first-order valence-corrected chi connectivity index (χ1v) is 7.10. The van der Waals surface area contributed by atoms with Crippen LogP contribution in [0, 0.1) is 6.92 Å². The number of aryl methyl sites for hydroxylation is 1. The lowest BCUT2D eigenvalue weighted by Crippen LogP contribution is -2.00. The van der Waals surface area contributed by atoms with Crippen LogP contribution in [0.4, 0.5) is 5.69 Å². The van der Waals surface area contributed by atoms with Gasteiger partial charge >= 0.3 is 5.97 Å². The van der Waals surface area contributed by atoms with E-state index in [9.17, 15) is 4.79 Å². The molecule has 4 nitrogen and oxygen atoms in total. The van der Waals surface area contributed by atoms with Gasteiger partial charge in [-0.05, 0) is 30.7 Å². The van der Waals surface area contributed by atoms with Gasteiger partial charge in [-0.15, -0.1) is 11.3 Å². The number of halogens is 1. The summed E-state index contributed by atoms with van der Waals surface area (Å²) in [6.07, 6.45) is 0. The van der Waals surface area contributed by atoms with E-state index in [1.807, 2.05) is 13.0 Å². The van der Waals surface area contributed by atoms with Gasteiger partial charge in [0.2, 0.25) is 0 Å². The van der Waals surface area contributed by atoms with E-state index in [-0.39, 0.29) is 0 Å². The molecule has 1 heterocycles. The van der Waals surface area contributed by atoms with Crippen LogP contribution in [0.15, 0.2) is 24.3 Å². The van der Waals surface area contributed by atoms with E-state index >= 15 is 0 Å². The number of anilines is 1. The minimum absolute atomic E-state index is 0.344. The molecule has 0 fully saturated rings. The normalized spacial score (nSPS) is 10.3. The summed E-state index contributed by atoms with van der Waals surface area (Å²) in [5.74, 6) is -0.186. The summed E-state index contributed by atoms with van der Waals surface area (Å²) in [6.45, 7) is 2.42. The van der Waals surface area contributed by atoms with Crippen LogP contribution >= 0.6 is 22.9 Å². The Morgan fingerprint density at radius 1 is 1.45 bits per heavy atom. The van der Waals surface area contributed by atoms with Crippen LogP contribution in [0.3, 0.4) is 0 Å². The van der Waals surface area contributed by atoms with E-state index < -0.39 is 5.97 Å². The second-order valence-electron chi connectivity index (χ2n) is 4.20. The fourth-order valence-electron chi connectivity index (χ4n) is 1.76. The number of carboxylic acid groups (broad SMARTS) is 1. The van der Waals surface area contributed by atoms with Crippen molar-refractivity contribution in [2.24, 2.45) is 0 Å². The molecule has 0 amide bonds. The maximum atomic E-state index is 10.9. The van der Waals surface area contributed by atoms with Gasteiger partial charge in [-0.1, -0.05) is 11.6 Å². The number of carboxylic acids is 1. The molecule has 0 saturated heterocycles. The highest BCUT2D eigenvalue weighted by Crippen LogP contribution is 2.28. The zero-order valence-electron chi connectivity index (χ0n) is 11.1. The Morgan fingerprint density at radius 2 is 2.20 bits per heavy atom. The first-order chi connectivity index (χ1) is 9.51. The summed E-state index contributed by atoms with van der Waals surface area (Å²) in [6, 6.07) is 7.03. The van der Waals surface area contributed by atoms with Gasteiger partial charge in [0.1, 0.15) is 10.6 Å². The molecule has 0 aliphatic heterocycles. The maximum Gasteiger partial charge on any atom is 0.345 e. The molecule has 0 unspecified atom stereocenters. The molecule has 0 atom stereocenters. The third kappa shape index (κ3) is 3.23. The van der Waals surface area contributed by atoms with Gasteiger partial charge < -0.3 is 15.2 Å². The van der Waals surface area contributed by atoms with E-state index in [4.69, 9.17) is 21.4 Å². The lowest BCUT2D eigenvalue weighted by molar-refractivity contribution is 0.0702. The van der Waals surface area contributed by atoms with Crippen molar-refractivity contribution in [3.8, 4) is 5.75 Å². The fraction of sp³-hybridized carbons (Fsp3) is 0.214. The number of carbonyl (C=O) groups is 1. The molecular formula is C14H14ClNO3S. The Hall–Kier alpha value is -1.72. The Bertz CT molecular complexity index is 639. The Morgan fingerprint density at radius 3 is 2.80 bits per heavy atom. The van der Waals surface area contributed by atoms with Crippen LogP contribution in [-0.4, -0.2) is 18.2 Å². The van der Waals surface area contributed by atoms with Gasteiger partial charge in [-0.2, -0.15) is 0 Å². The topological polar surface area (TPSA) is 58.6 Å². The Labute approximate surface area is 126 Å². The van der Waals surface area contributed by atoms with Crippen molar-refractivity contribution < 1.29 is 14.6 Å². The van der Waals surface area contributed by atoms with Crippen LogP contribution in [-0.2, 0) is 6.54 Å². The first-order valence-electron chi connectivity index (χ1n) is 5.91. The van der Waals surface area contributed by atoms with E-state index in [2.05, 4.69) is 5.32 Å². The van der Waals surface area contributed by atoms with Crippen molar-refractivity contribution in [1.82, 2.24) is 0 Å². The average molecular weight is 312 g/mol. The van der Waals surface area contributed by atoms with Crippen LogP contribution in [0.1, 0.15) is 20.1 Å². The highest BCUT2D eigenvalue weighted by Gasteiger charge is 2.11. The highest BCUT2D eigenvalue weighted by molar-refractivity contribution is 7.14. The largest absolute Gasteiger partial charge is 0.497 e. The second-order valence-corrected chi connectivity index (χ2v) is 5.86. The van der Waals surface area contributed by atoms with Crippen molar-refractivity contribution in [3.05, 3.63) is 44.6 Å². The molecule has 106 valence electrons. The summed E-state index contributed by atoms with van der Waals surface area (Å²) < 4.78 is 5.15. The van der Waals surface area contributed by atoms with E-state index in [1.165, 1.54) is 11.3 Å². The smallest absolute Gasteiger partial charge is 0.345 e.